The number of aromatic nitrogens is 2. The maximum Gasteiger partial charge on any atom is 0.346 e. The smallest absolute Gasteiger partial charge is 0.346 e. The normalized spacial score (nSPS) is 12.1. The van der Waals surface area contributed by atoms with Gasteiger partial charge in [-0.25, -0.2) is 9.78 Å². The molecule has 33 heavy (non-hydrogen) atoms. The fourth-order valence-corrected chi connectivity index (χ4v) is 3.44. The zero-order valence-electron chi connectivity index (χ0n) is 17.9. The van der Waals surface area contributed by atoms with Gasteiger partial charge in [-0.3, -0.25) is 4.79 Å². The molecular formula is C25H20ClN3O4. The van der Waals surface area contributed by atoms with E-state index in [4.69, 9.17) is 21.1 Å². The van der Waals surface area contributed by atoms with Gasteiger partial charge in [0.15, 0.2) is 11.9 Å². The monoisotopic (exact) mass is 461 g/mol. The summed E-state index contributed by atoms with van der Waals surface area (Å²) >= 11 is 6.17. The van der Waals surface area contributed by atoms with E-state index < -0.39 is 12.1 Å². The topological polar surface area (TPSA) is 82.8 Å². The number of esters is 1. The van der Waals surface area contributed by atoms with E-state index in [1.807, 2.05) is 36.4 Å². The van der Waals surface area contributed by atoms with Gasteiger partial charge in [-0.2, -0.15) is 9.78 Å². The molecule has 0 amide bonds. The Morgan fingerprint density at radius 2 is 1.82 bits per heavy atom. The molecule has 0 aliphatic rings. The van der Waals surface area contributed by atoms with Gasteiger partial charge in [-0.1, -0.05) is 54.1 Å². The lowest BCUT2D eigenvalue weighted by molar-refractivity contribution is -0.147. The highest BCUT2D eigenvalue weighted by molar-refractivity contribution is 6.30. The molecule has 166 valence electrons. The van der Waals surface area contributed by atoms with E-state index in [9.17, 15) is 9.59 Å². The van der Waals surface area contributed by atoms with Gasteiger partial charge in [0.25, 0.3) is 5.56 Å². The number of rotatable bonds is 6. The van der Waals surface area contributed by atoms with Crippen molar-refractivity contribution in [2.24, 2.45) is 5.10 Å². The van der Waals surface area contributed by atoms with E-state index in [1.165, 1.54) is 18.0 Å². The number of carbonyl (C=O) groups is 1. The van der Waals surface area contributed by atoms with Crippen molar-refractivity contribution < 1.29 is 14.3 Å². The van der Waals surface area contributed by atoms with Crippen molar-refractivity contribution in [1.82, 2.24) is 9.66 Å². The molecule has 0 saturated carbocycles. The van der Waals surface area contributed by atoms with Crippen molar-refractivity contribution >= 4 is 34.7 Å². The second-order valence-corrected chi connectivity index (χ2v) is 7.58. The molecular weight excluding hydrogens is 442 g/mol. The Labute approximate surface area is 194 Å². The first-order valence-corrected chi connectivity index (χ1v) is 10.5. The quantitative estimate of drug-likeness (QED) is 0.311. The van der Waals surface area contributed by atoms with Crippen molar-refractivity contribution in [3.63, 3.8) is 0 Å². The van der Waals surface area contributed by atoms with Crippen LogP contribution in [-0.4, -0.2) is 35.1 Å². The van der Waals surface area contributed by atoms with Gasteiger partial charge < -0.3 is 9.47 Å². The molecule has 4 rings (SSSR count). The van der Waals surface area contributed by atoms with Gasteiger partial charge in [0.05, 0.1) is 24.2 Å². The van der Waals surface area contributed by atoms with Crippen LogP contribution in [-0.2, 0) is 9.53 Å². The van der Waals surface area contributed by atoms with Crippen LogP contribution in [0, 0.1) is 0 Å². The Balaban J connectivity index is 1.84. The minimum absolute atomic E-state index is 0.317. The highest BCUT2D eigenvalue weighted by Gasteiger charge is 2.17. The third-order valence-electron chi connectivity index (χ3n) is 4.91. The number of carbonyl (C=O) groups excluding carboxylic acids is 1. The lowest BCUT2D eigenvalue weighted by Gasteiger charge is -2.14. The molecule has 0 spiro atoms. The maximum atomic E-state index is 13.3. The minimum Gasteiger partial charge on any atom is -0.478 e. The highest BCUT2D eigenvalue weighted by atomic mass is 35.5. The number of halogens is 1. The van der Waals surface area contributed by atoms with Crippen LogP contribution in [0.25, 0.3) is 22.3 Å². The average molecular weight is 462 g/mol. The summed E-state index contributed by atoms with van der Waals surface area (Å²) in [6.45, 7) is 1.58. The van der Waals surface area contributed by atoms with E-state index in [1.54, 1.807) is 43.3 Å². The lowest BCUT2D eigenvalue weighted by atomic mass is 10.2. The van der Waals surface area contributed by atoms with E-state index >= 15 is 0 Å². The fourth-order valence-electron chi connectivity index (χ4n) is 3.26. The van der Waals surface area contributed by atoms with Crippen LogP contribution in [0.15, 0.2) is 82.7 Å². The van der Waals surface area contributed by atoms with Crippen molar-refractivity contribution in [2.75, 3.05) is 7.11 Å². The summed E-state index contributed by atoms with van der Waals surface area (Å²) in [5.74, 6) is 0.237. The molecule has 7 nitrogen and oxygen atoms in total. The molecule has 4 aromatic rings. The Morgan fingerprint density at radius 3 is 2.58 bits per heavy atom. The number of fused-ring (bicyclic) bond motifs is 1. The molecule has 0 unspecified atom stereocenters. The molecule has 0 fully saturated rings. The predicted octanol–water partition coefficient (Wildman–Crippen LogP) is 4.54. The summed E-state index contributed by atoms with van der Waals surface area (Å²) in [5, 5.41) is 5.33. The van der Waals surface area contributed by atoms with Crippen LogP contribution < -0.4 is 10.3 Å². The highest BCUT2D eigenvalue weighted by Crippen LogP contribution is 2.24. The molecule has 1 heterocycles. The first-order valence-electron chi connectivity index (χ1n) is 10.1. The van der Waals surface area contributed by atoms with Gasteiger partial charge in [-0.15, -0.1) is 0 Å². The van der Waals surface area contributed by atoms with Gasteiger partial charge in [-0.05, 0) is 37.3 Å². The number of para-hydroxylation sites is 1. The molecule has 0 aliphatic heterocycles. The first kappa shape index (κ1) is 22.2. The zero-order chi connectivity index (χ0) is 23.4. The van der Waals surface area contributed by atoms with E-state index in [2.05, 4.69) is 10.1 Å². The summed E-state index contributed by atoms with van der Waals surface area (Å²) in [5.41, 5.74) is 1.48. The van der Waals surface area contributed by atoms with Crippen LogP contribution in [0.3, 0.4) is 0 Å². The van der Waals surface area contributed by atoms with E-state index in [0.29, 0.717) is 33.1 Å². The third kappa shape index (κ3) is 4.78. The largest absolute Gasteiger partial charge is 0.478 e. The van der Waals surface area contributed by atoms with Gasteiger partial charge in [0.2, 0.25) is 0 Å². The summed E-state index contributed by atoms with van der Waals surface area (Å²) in [6, 6.07) is 21.3. The van der Waals surface area contributed by atoms with Crippen LogP contribution in [0.5, 0.6) is 5.75 Å². The van der Waals surface area contributed by atoms with E-state index in [-0.39, 0.29) is 5.56 Å². The van der Waals surface area contributed by atoms with Crippen molar-refractivity contribution in [2.45, 2.75) is 13.0 Å². The number of benzene rings is 3. The number of methoxy groups -OCH3 is 1. The van der Waals surface area contributed by atoms with Crippen molar-refractivity contribution in [3.8, 4) is 17.1 Å². The average Bonchev–Trinajstić information content (AvgIpc) is 2.84. The molecule has 0 radical (unpaired) electrons. The van der Waals surface area contributed by atoms with Gasteiger partial charge in [0, 0.05) is 16.1 Å². The lowest BCUT2D eigenvalue weighted by Crippen LogP contribution is -2.25. The van der Waals surface area contributed by atoms with Crippen LogP contribution in [0.4, 0.5) is 0 Å². The number of hydrogen-bond acceptors (Lipinski definition) is 6. The van der Waals surface area contributed by atoms with Crippen LogP contribution in [0.1, 0.15) is 12.5 Å². The molecule has 0 aliphatic carbocycles. The van der Waals surface area contributed by atoms with Gasteiger partial charge in [0.1, 0.15) is 5.75 Å². The van der Waals surface area contributed by atoms with Crippen LogP contribution in [0.2, 0.25) is 5.02 Å². The number of ether oxygens (including phenoxy) is 2. The maximum absolute atomic E-state index is 13.3. The molecule has 0 bridgehead atoms. The SMILES string of the molecule is COC(=O)[C@H](C)Oc1ccc(Cl)cc1C=Nn1c(-c2ccccc2)nc2ccccc2c1=O. The Kier molecular flexibility index (Phi) is 6.51. The standard InChI is InChI=1S/C25H20ClN3O4/c1-16(25(31)32-2)33-22-13-12-19(26)14-18(22)15-27-29-23(17-8-4-3-5-9-17)28-21-11-7-6-10-20(21)24(29)30/h3-16H,1-2H3/t16-/m0/s1. The molecule has 0 N–H and O–H groups in total. The van der Waals surface area contributed by atoms with Crippen molar-refractivity contribution in [1.29, 1.82) is 0 Å². The van der Waals surface area contributed by atoms with Crippen molar-refractivity contribution in [3.05, 3.63) is 93.7 Å². The zero-order valence-corrected chi connectivity index (χ0v) is 18.7. The minimum atomic E-state index is -0.840. The predicted molar refractivity (Wildman–Crippen MR) is 128 cm³/mol. The molecule has 0 saturated heterocycles. The van der Waals surface area contributed by atoms with E-state index in [0.717, 1.165) is 5.56 Å². The summed E-state index contributed by atoms with van der Waals surface area (Å²) in [7, 11) is 1.29. The number of nitrogens with zero attached hydrogens (tertiary/aromatic N) is 3. The molecule has 1 atom stereocenters. The molecule has 3 aromatic carbocycles. The third-order valence-corrected chi connectivity index (χ3v) is 5.14. The second kappa shape index (κ2) is 9.67. The van der Waals surface area contributed by atoms with Crippen LogP contribution >= 0.6 is 11.6 Å². The second-order valence-electron chi connectivity index (χ2n) is 7.15. The van der Waals surface area contributed by atoms with Gasteiger partial charge >= 0.3 is 5.97 Å². The first-order chi connectivity index (χ1) is 16.0. The fraction of sp³-hybridized carbons (Fsp3) is 0.120. The molecule has 1 aromatic heterocycles. The Hall–Kier alpha value is -3.97. The summed E-state index contributed by atoms with van der Waals surface area (Å²) in [4.78, 5) is 29.7. The molecule has 8 heteroatoms. The summed E-state index contributed by atoms with van der Waals surface area (Å²) < 4.78 is 11.7. The summed E-state index contributed by atoms with van der Waals surface area (Å²) in [6.07, 6.45) is 0.614. The number of hydrogen-bond donors (Lipinski definition) is 0. The Morgan fingerprint density at radius 1 is 1.09 bits per heavy atom. The Bertz CT molecular complexity index is 1400.